The van der Waals surface area contributed by atoms with Gasteiger partial charge in [-0.2, -0.15) is 0 Å². The highest BCUT2D eigenvalue weighted by Crippen LogP contribution is 2.44. The van der Waals surface area contributed by atoms with E-state index >= 15 is 0 Å². The molecule has 1 aliphatic carbocycles. The van der Waals surface area contributed by atoms with E-state index in [0.717, 1.165) is 22.3 Å². The van der Waals surface area contributed by atoms with Crippen molar-refractivity contribution >= 4 is 18.0 Å². The number of carbonyl (C=O) groups is 3. The number of fused-ring (bicyclic) bond motifs is 3. The lowest BCUT2D eigenvalue weighted by Crippen LogP contribution is -2.46. The topological polar surface area (TPSA) is 114 Å². The predicted octanol–water partition coefficient (Wildman–Crippen LogP) is 2.91. The molecule has 0 saturated heterocycles. The van der Waals surface area contributed by atoms with Crippen LogP contribution in [0.15, 0.2) is 48.5 Å². The average Bonchev–Trinajstić information content (AvgIpc) is 3.04. The molecule has 0 aliphatic heterocycles. The summed E-state index contributed by atoms with van der Waals surface area (Å²) in [4.78, 5) is 35.6. The van der Waals surface area contributed by atoms with Gasteiger partial charge in [-0.15, -0.1) is 0 Å². The highest BCUT2D eigenvalue weighted by Gasteiger charge is 2.30. The molecule has 0 unspecified atom stereocenters. The minimum absolute atomic E-state index is 0.0705. The van der Waals surface area contributed by atoms with Crippen molar-refractivity contribution in [1.82, 2.24) is 10.6 Å². The molecule has 0 spiro atoms. The summed E-state index contributed by atoms with van der Waals surface area (Å²) in [6.07, 6.45) is -0.859. The Labute approximate surface area is 186 Å². The number of carboxylic acid groups (broad SMARTS) is 1. The molecule has 1 aliphatic rings. The summed E-state index contributed by atoms with van der Waals surface area (Å²) in [5.41, 5.74) is 3.89. The van der Waals surface area contributed by atoms with Gasteiger partial charge in [-0.3, -0.25) is 4.79 Å². The zero-order valence-electron chi connectivity index (χ0n) is 18.4. The van der Waals surface area contributed by atoms with Crippen LogP contribution >= 0.6 is 0 Å². The second-order valence-electron chi connectivity index (χ2n) is 8.67. The van der Waals surface area contributed by atoms with Crippen molar-refractivity contribution in [3.05, 3.63) is 59.7 Å². The van der Waals surface area contributed by atoms with Gasteiger partial charge in [0, 0.05) is 11.5 Å². The van der Waals surface area contributed by atoms with E-state index in [0.29, 0.717) is 0 Å². The number of alkyl carbamates (subject to hydrolysis) is 1. The van der Waals surface area contributed by atoms with E-state index in [1.807, 2.05) is 69.3 Å². The summed E-state index contributed by atoms with van der Waals surface area (Å²) in [7, 11) is 0. The Morgan fingerprint density at radius 2 is 1.56 bits per heavy atom. The summed E-state index contributed by atoms with van der Waals surface area (Å²) in [6, 6.07) is 14.5. The van der Waals surface area contributed by atoms with Crippen LogP contribution in [-0.2, 0) is 19.1 Å². The normalized spacial score (nSPS) is 13.6. The molecule has 32 heavy (non-hydrogen) atoms. The molecule has 8 nitrogen and oxygen atoms in total. The number of nitrogens with one attached hydrogen (secondary N) is 2. The van der Waals surface area contributed by atoms with Gasteiger partial charge in [-0.05, 0) is 43.0 Å². The zero-order valence-corrected chi connectivity index (χ0v) is 18.4. The van der Waals surface area contributed by atoms with Crippen molar-refractivity contribution in [2.45, 2.75) is 38.3 Å². The number of rotatable bonds is 8. The van der Waals surface area contributed by atoms with E-state index in [1.165, 1.54) is 0 Å². The number of carbonyl (C=O) groups excluding carboxylic acids is 2. The van der Waals surface area contributed by atoms with Gasteiger partial charge in [0.1, 0.15) is 13.2 Å². The van der Waals surface area contributed by atoms with Gasteiger partial charge in [0.25, 0.3) is 0 Å². The lowest BCUT2D eigenvalue weighted by molar-refractivity contribution is -0.142. The van der Waals surface area contributed by atoms with Crippen LogP contribution in [-0.4, -0.2) is 54.5 Å². The number of hydrogen-bond acceptors (Lipinski definition) is 5. The van der Waals surface area contributed by atoms with Crippen LogP contribution in [0.4, 0.5) is 4.79 Å². The van der Waals surface area contributed by atoms with Gasteiger partial charge in [0.2, 0.25) is 5.91 Å². The quantitative estimate of drug-likeness (QED) is 0.582. The molecular formula is C24H28N2O6. The fourth-order valence-corrected chi connectivity index (χ4v) is 3.68. The summed E-state index contributed by atoms with van der Waals surface area (Å²) in [5.74, 6) is -1.79. The second-order valence-corrected chi connectivity index (χ2v) is 8.67. The number of aliphatic carboxylic acids is 1. The van der Waals surface area contributed by atoms with Crippen LogP contribution in [0.25, 0.3) is 11.1 Å². The standard InChI is InChI=1S/C24H28N2O6/c1-24(2,3)26-21(27)14-31-13-20(22(28)29)25-23(30)32-12-19-17-10-6-4-8-15(17)16-9-5-7-11-18(16)19/h4-11,19-20H,12-14H2,1-3H3,(H,25,30)(H,26,27)(H,28,29)/t20-/m1/s1. The molecule has 0 bridgehead atoms. The molecular weight excluding hydrogens is 412 g/mol. The van der Waals surface area contributed by atoms with Crippen molar-refractivity contribution < 1.29 is 29.0 Å². The van der Waals surface area contributed by atoms with Crippen molar-refractivity contribution in [2.24, 2.45) is 0 Å². The Morgan fingerprint density at radius 1 is 1.00 bits per heavy atom. The molecule has 1 atom stereocenters. The average molecular weight is 440 g/mol. The summed E-state index contributed by atoms with van der Waals surface area (Å²) in [6.45, 7) is 4.86. The molecule has 0 radical (unpaired) electrons. The van der Waals surface area contributed by atoms with Gasteiger partial charge >= 0.3 is 12.1 Å². The highest BCUT2D eigenvalue weighted by atomic mass is 16.5. The molecule has 2 aromatic rings. The maximum Gasteiger partial charge on any atom is 0.407 e. The molecule has 3 rings (SSSR count). The third-order valence-electron chi connectivity index (χ3n) is 4.97. The summed E-state index contributed by atoms with van der Waals surface area (Å²) < 4.78 is 10.5. The first-order chi connectivity index (χ1) is 15.2. The Hall–Kier alpha value is -3.39. The van der Waals surface area contributed by atoms with Crippen molar-refractivity contribution in [1.29, 1.82) is 0 Å². The number of benzene rings is 2. The minimum atomic E-state index is -1.34. The third-order valence-corrected chi connectivity index (χ3v) is 4.97. The fraction of sp³-hybridized carbons (Fsp3) is 0.375. The van der Waals surface area contributed by atoms with Crippen LogP contribution in [0, 0.1) is 0 Å². The Kier molecular flexibility index (Phi) is 7.15. The molecule has 3 N–H and O–H groups in total. The van der Waals surface area contributed by atoms with E-state index in [-0.39, 0.29) is 31.6 Å². The van der Waals surface area contributed by atoms with E-state index < -0.39 is 23.6 Å². The SMILES string of the molecule is CC(C)(C)NC(=O)COC[C@@H](NC(=O)OCC1c2ccccc2-c2ccccc21)C(=O)O. The number of ether oxygens (including phenoxy) is 2. The second kappa shape index (κ2) is 9.82. The maximum atomic E-state index is 12.3. The first kappa shape index (κ1) is 23.3. The molecule has 2 aromatic carbocycles. The monoisotopic (exact) mass is 440 g/mol. The van der Waals surface area contributed by atoms with E-state index in [4.69, 9.17) is 9.47 Å². The lowest BCUT2D eigenvalue weighted by atomic mass is 9.98. The van der Waals surface area contributed by atoms with Gasteiger partial charge in [-0.25, -0.2) is 9.59 Å². The van der Waals surface area contributed by atoms with Gasteiger partial charge in [-0.1, -0.05) is 48.5 Å². The molecule has 0 aromatic heterocycles. The van der Waals surface area contributed by atoms with Gasteiger partial charge in [0.05, 0.1) is 6.61 Å². The molecule has 8 heteroatoms. The number of amides is 2. The highest BCUT2D eigenvalue weighted by molar-refractivity contribution is 5.81. The predicted molar refractivity (Wildman–Crippen MR) is 118 cm³/mol. The van der Waals surface area contributed by atoms with E-state index in [2.05, 4.69) is 10.6 Å². The summed E-state index contributed by atoms with van der Waals surface area (Å²) in [5, 5.41) is 14.4. The lowest BCUT2D eigenvalue weighted by Gasteiger charge is -2.21. The van der Waals surface area contributed by atoms with Crippen LogP contribution in [0.1, 0.15) is 37.8 Å². The molecule has 2 amide bonds. The van der Waals surface area contributed by atoms with Crippen LogP contribution in [0.3, 0.4) is 0 Å². The van der Waals surface area contributed by atoms with Gasteiger partial charge in [0.15, 0.2) is 6.04 Å². The van der Waals surface area contributed by atoms with Crippen molar-refractivity contribution in [2.75, 3.05) is 19.8 Å². The Balaban J connectivity index is 1.54. The Bertz CT molecular complexity index is 952. The number of carboxylic acids is 1. The summed E-state index contributed by atoms with van der Waals surface area (Å²) >= 11 is 0. The minimum Gasteiger partial charge on any atom is -0.480 e. The number of hydrogen-bond donors (Lipinski definition) is 3. The smallest absolute Gasteiger partial charge is 0.407 e. The molecule has 0 heterocycles. The van der Waals surface area contributed by atoms with Crippen LogP contribution < -0.4 is 10.6 Å². The van der Waals surface area contributed by atoms with E-state index in [9.17, 15) is 19.5 Å². The zero-order chi connectivity index (χ0) is 23.3. The maximum absolute atomic E-state index is 12.3. The molecule has 0 fully saturated rings. The van der Waals surface area contributed by atoms with Crippen LogP contribution in [0.5, 0.6) is 0 Å². The third kappa shape index (κ3) is 5.85. The largest absolute Gasteiger partial charge is 0.480 e. The fourth-order valence-electron chi connectivity index (χ4n) is 3.68. The van der Waals surface area contributed by atoms with Gasteiger partial charge < -0.3 is 25.2 Å². The molecule has 0 saturated carbocycles. The van der Waals surface area contributed by atoms with Crippen molar-refractivity contribution in [3.63, 3.8) is 0 Å². The van der Waals surface area contributed by atoms with Crippen molar-refractivity contribution in [3.8, 4) is 11.1 Å². The Morgan fingerprint density at radius 3 is 2.09 bits per heavy atom. The van der Waals surface area contributed by atoms with Crippen LogP contribution in [0.2, 0.25) is 0 Å². The molecule has 170 valence electrons. The van der Waals surface area contributed by atoms with E-state index in [1.54, 1.807) is 0 Å². The first-order valence-corrected chi connectivity index (χ1v) is 10.4. The first-order valence-electron chi connectivity index (χ1n) is 10.4.